The third-order valence-electron chi connectivity index (χ3n) is 4.73. The van der Waals surface area contributed by atoms with E-state index in [1.807, 2.05) is 0 Å². The van der Waals surface area contributed by atoms with Crippen LogP contribution in [0.3, 0.4) is 0 Å². The number of methoxy groups -OCH3 is 1. The molecule has 10 nitrogen and oxygen atoms in total. The van der Waals surface area contributed by atoms with Gasteiger partial charge in [0, 0.05) is 11.5 Å². The van der Waals surface area contributed by atoms with Crippen molar-refractivity contribution < 1.29 is 29.0 Å². The van der Waals surface area contributed by atoms with Gasteiger partial charge in [-0.2, -0.15) is 0 Å². The summed E-state index contributed by atoms with van der Waals surface area (Å²) in [6.07, 6.45) is 2.89. The van der Waals surface area contributed by atoms with Crippen molar-refractivity contribution in [3.05, 3.63) is 60.2 Å². The van der Waals surface area contributed by atoms with Gasteiger partial charge in [-0.3, -0.25) is 19.0 Å². The summed E-state index contributed by atoms with van der Waals surface area (Å²) in [6, 6.07) is 13.9. The van der Waals surface area contributed by atoms with Gasteiger partial charge in [-0.1, -0.05) is 30.3 Å². The zero-order valence-electron chi connectivity index (χ0n) is 18.7. The second-order valence-corrected chi connectivity index (χ2v) is 7.00. The first kappa shape index (κ1) is 24.2. The highest BCUT2D eigenvalue weighted by molar-refractivity contribution is 5.97. The number of nitrogens with one attached hydrogen (secondary N) is 1. The van der Waals surface area contributed by atoms with Gasteiger partial charge in [0.05, 0.1) is 19.2 Å². The number of azo groups is 1. The van der Waals surface area contributed by atoms with E-state index in [-0.39, 0.29) is 31.3 Å². The quantitative estimate of drug-likeness (QED) is 0.284. The molecule has 0 saturated heterocycles. The number of carbonyl (C=O) groups excluding carboxylic acids is 3. The predicted octanol–water partition coefficient (Wildman–Crippen LogP) is 3.36. The lowest BCUT2D eigenvalue weighted by atomic mass is 10.2. The Hall–Kier alpha value is -4.47. The van der Waals surface area contributed by atoms with Crippen LogP contribution in [0.4, 0.5) is 5.69 Å². The molecule has 0 aliphatic rings. The fourth-order valence-corrected chi connectivity index (χ4v) is 3.12. The molecule has 0 aliphatic heterocycles. The molecule has 0 atom stereocenters. The topological polar surface area (TPSA) is 132 Å². The summed E-state index contributed by atoms with van der Waals surface area (Å²) in [4.78, 5) is 36.0. The maximum atomic E-state index is 12.1. The molecule has 0 fully saturated rings. The number of hydrogen-bond acceptors (Lipinski definition) is 7. The van der Waals surface area contributed by atoms with Crippen LogP contribution in [0, 0.1) is 0 Å². The molecule has 2 amide bonds. The highest BCUT2D eigenvalue weighted by Crippen LogP contribution is 2.38. The standard InChI is InChI=1S/C24H24N4O6/c1-3-34-22(31)15-28-19-7-5-4-6-18(19)23(24(28)32)27-26-21(30)14-25-20(29)13-10-16-8-11-17(33-2)12-9-16/h4-13,32H,3,14-15H2,1-2H3,(H,25,29)/b13-10+,27-26?. The van der Waals surface area contributed by atoms with E-state index in [1.54, 1.807) is 68.6 Å². The number of carbonyl (C=O) groups is 3. The van der Waals surface area contributed by atoms with Gasteiger partial charge in [0.15, 0.2) is 5.69 Å². The Morgan fingerprint density at radius 1 is 1.12 bits per heavy atom. The average Bonchev–Trinajstić information content (AvgIpc) is 3.11. The van der Waals surface area contributed by atoms with E-state index < -0.39 is 17.8 Å². The molecule has 0 spiro atoms. The van der Waals surface area contributed by atoms with Gasteiger partial charge in [0.25, 0.3) is 5.91 Å². The second-order valence-electron chi connectivity index (χ2n) is 7.00. The van der Waals surface area contributed by atoms with E-state index in [0.717, 1.165) is 5.56 Å². The highest BCUT2D eigenvalue weighted by Gasteiger charge is 2.19. The molecule has 2 N–H and O–H groups in total. The Morgan fingerprint density at radius 2 is 1.85 bits per heavy atom. The molecule has 0 bridgehead atoms. The van der Waals surface area contributed by atoms with Crippen LogP contribution in [-0.2, 0) is 25.7 Å². The lowest BCUT2D eigenvalue weighted by Gasteiger charge is -2.06. The van der Waals surface area contributed by atoms with Crippen LogP contribution >= 0.6 is 0 Å². The van der Waals surface area contributed by atoms with E-state index in [0.29, 0.717) is 16.7 Å². The molecule has 1 aromatic heterocycles. The van der Waals surface area contributed by atoms with Crippen LogP contribution in [-0.4, -0.2) is 47.7 Å². The van der Waals surface area contributed by atoms with Crippen LogP contribution in [0.15, 0.2) is 64.8 Å². The molecular formula is C24H24N4O6. The van der Waals surface area contributed by atoms with E-state index in [1.165, 1.54) is 10.6 Å². The highest BCUT2D eigenvalue weighted by atomic mass is 16.5. The van der Waals surface area contributed by atoms with Crippen LogP contribution in [0.2, 0.25) is 0 Å². The van der Waals surface area contributed by atoms with Crippen molar-refractivity contribution >= 4 is 40.4 Å². The van der Waals surface area contributed by atoms with Gasteiger partial charge in [-0.25, -0.2) is 0 Å². The van der Waals surface area contributed by atoms with Crippen molar-refractivity contribution in [2.45, 2.75) is 13.5 Å². The number of esters is 1. The Labute approximate surface area is 195 Å². The molecule has 0 unspecified atom stereocenters. The number of ether oxygens (including phenoxy) is 2. The first-order valence-corrected chi connectivity index (χ1v) is 10.4. The molecule has 10 heteroatoms. The molecule has 0 saturated carbocycles. The van der Waals surface area contributed by atoms with E-state index in [2.05, 4.69) is 15.5 Å². The number of fused-ring (bicyclic) bond motifs is 1. The predicted molar refractivity (Wildman–Crippen MR) is 125 cm³/mol. The van der Waals surface area contributed by atoms with Crippen molar-refractivity contribution in [1.82, 2.24) is 9.88 Å². The second kappa shape index (κ2) is 11.4. The van der Waals surface area contributed by atoms with E-state index >= 15 is 0 Å². The smallest absolute Gasteiger partial charge is 0.326 e. The first-order chi connectivity index (χ1) is 16.4. The molecule has 176 valence electrons. The zero-order valence-corrected chi connectivity index (χ0v) is 18.7. The van der Waals surface area contributed by atoms with Crippen molar-refractivity contribution in [1.29, 1.82) is 0 Å². The first-order valence-electron chi connectivity index (χ1n) is 10.4. The van der Waals surface area contributed by atoms with E-state index in [9.17, 15) is 19.5 Å². The monoisotopic (exact) mass is 464 g/mol. The summed E-state index contributed by atoms with van der Waals surface area (Å²) in [6.45, 7) is 1.29. The molecule has 2 aromatic carbocycles. The normalized spacial score (nSPS) is 11.2. The zero-order chi connectivity index (χ0) is 24.5. The minimum atomic E-state index is -0.715. The van der Waals surface area contributed by atoms with Gasteiger partial charge in [-0.15, -0.1) is 10.2 Å². The summed E-state index contributed by atoms with van der Waals surface area (Å²) in [5, 5.41) is 21.0. The fourth-order valence-electron chi connectivity index (χ4n) is 3.12. The number of nitrogens with zero attached hydrogens (tertiary/aromatic N) is 3. The third-order valence-corrected chi connectivity index (χ3v) is 4.73. The largest absolute Gasteiger partial charge is 0.497 e. The number of benzene rings is 2. The number of hydrogen-bond donors (Lipinski definition) is 2. The minimum absolute atomic E-state index is 0.0407. The third kappa shape index (κ3) is 6.06. The minimum Gasteiger partial charge on any atom is -0.497 e. The van der Waals surface area contributed by atoms with Crippen molar-refractivity contribution in [3.8, 4) is 11.6 Å². The lowest BCUT2D eigenvalue weighted by molar-refractivity contribution is -0.143. The Kier molecular flexibility index (Phi) is 8.11. The summed E-state index contributed by atoms with van der Waals surface area (Å²) in [7, 11) is 1.57. The van der Waals surface area contributed by atoms with Gasteiger partial charge in [0.1, 0.15) is 18.8 Å². The Bertz CT molecular complexity index is 1240. The van der Waals surface area contributed by atoms with Crippen LogP contribution in [0.25, 0.3) is 17.0 Å². The number of amides is 2. The summed E-state index contributed by atoms with van der Waals surface area (Å²) < 4.78 is 11.3. The van der Waals surface area contributed by atoms with Gasteiger partial charge >= 0.3 is 5.97 Å². The van der Waals surface area contributed by atoms with Gasteiger partial charge in [0.2, 0.25) is 11.8 Å². The molecule has 3 aromatic rings. The van der Waals surface area contributed by atoms with Crippen LogP contribution < -0.4 is 10.1 Å². The molecule has 0 radical (unpaired) electrons. The number of para-hydroxylation sites is 1. The van der Waals surface area contributed by atoms with Crippen molar-refractivity contribution in [2.24, 2.45) is 10.2 Å². The maximum Gasteiger partial charge on any atom is 0.326 e. The number of rotatable bonds is 9. The average molecular weight is 464 g/mol. The van der Waals surface area contributed by atoms with E-state index in [4.69, 9.17) is 9.47 Å². The molecule has 34 heavy (non-hydrogen) atoms. The molecule has 0 aliphatic carbocycles. The summed E-state index contributed by atoms with van der Waals surface area (Å²) >= 11 is 0. The molecule has 1 heterocycles. The van der Waals surface area contributed by atoms with Crippen LogP contribution in [0.1, 0.15) is 12.5 Å². The van der Waals surface area contributed by atoms with Crippen molar-refractivity contribution in [3.63, 3.8) is 0 Å². The Morgan fingerprint density at radius 3 is 2.56 bits per heavy atom. The lowest BCUT2D eigenvalue weighted by Crippen LogP contribution is -2.26. The van der Waals surface area contributed by atoms with Crippen LogP contribution in [0.5, 0.6) is 11.6 Å². The van der Waals surface area contributed by atoms with Gasteiger partial charge in [-0.05, 0) is 36.8 Å². The summed E-state index contributed by atoms with van der Waals surface area (Å²) in [5.41, 5.74) is 1.36. The number of aromatic nitrogens is 1. The molecule has 3 rings (SSSR count). The molecular weight excluding hydrogens is 440 g/mol. The maximum absolute atomic E-state index is 12.1. The van der Waals surface area contributed by atoms with Gasteiger partial charge < -0.3 is 19.9 Å². The fraction of sp³-hybridized carbons (Fsp3) is 0.208. The SMILES string of the molecule is CCOC(=O)Cn1c(O)c(N=NC(=O)CNC(=O)/C=C/c2ccc(OC)cc2)c2ccccc21. The number of aromatic hydroxyl groups is 1. The van der Waals surface area contributed by atoms with Crippen molar-refractivity contribution in [2.75, 3.05) is 20.3 Å². The summed E-state index contributed by atoms with van der Waals surface area (Å²) in [5.74, 6) is -1.34. The Balaban J connectivity index is 1.64.